The van der Waals surface area contributed by atoms with Crippen molar-refractivity contribution in [2.24, 2.45) is 0 Å². The molecule has 0 aliphatic heterocycles. The van der Waals surface area contributed by atoms with Crippen LogP contribution >= 0.6 is 39.3 Å². The maximum Gasteiger partial charge on any atom is 0.0587 e. The standard InChI is InChI=1S/C16H17BrClNOS/c1-20-8-7-19-11-12-5-6-16(15(18)9-12)21-14-4-2-3-13(17)10-14/h2-6,9-10,19H,7-8,11H2,1H3. The maximum atomic E-state index is 6.37. The van der Waals surface area contributed by atoms with Gasteiger partial charge in [-0.1, -0.05) is 51.4 Å². The summed E-state index contributed by atoms with van der Waals surface area (Å²) in [5.41, 5.74) is 1.18. The maximum absolute atomic E-state index is 6.37. The van der Waals surface area contributed by atoms with Gasteiger partial charge in [0.1, 0.15) is 0 Å². The fraction of sp³-hybridized carbons (Fsp3) is 0.250. The molecule has 0 saturated carbocycles. The lowest BCUT2D eigenvalue weighted by atomic mass is 10.2. The third-order valence-corrected chi connectivity index (χ3v) is 4.82. The van der Waals surface area contributed by atoms with Crippen molar-refractivity contribution in [3.63, 3.8) is 0 Å². The Morgan fingerprint density at radius 2 is 2.10 bits per heavy atom. The van der Waals surface area contributed by atoms with Crippen LogP contribution in [0.5, 0.6) is 0 Å². The molecule has 0 saturated heterocycles. The Labute approximate surface area is 143 Å². The van der Waals surface area contributed by atoms with E-state index in [-0.39, 0.29) is 0 Å². The molecule has 0 spiro atoms. The van der Waals surface area contributed by atoms with Crippen molar-refractivity contribution in [1.29, 1.82) is 0 Å². The number of hydrogen-bond acceptors (Lipinski definition) is 3. The van der Waals surface area contributed by atoms with Gasteiger partial charge in [0.15, 0.2) is 0 Å². The highest BCUT2D eigenvalue weighted by atomic mass is 79.9. The molecule has 2 aromatic carbocycles. The molecule has 0 amide bonds. The molecule has 112 valence electrons. The number of hydrogen-bond donors (Lipinski definition) is 1. The van der Waals surface area contributed by atoms with Crippen molar-refractivity contribution in [3.8, 4) is 0 Å². The molecule has 0 unspecified atom stereocenters. The molecule has 2 rings (SSSR count). The highest BCUT2D eigenvalue weighted by molar-refractivity contribution is 9.10. The Bertz CT molecular complexity index is 594. The average Bonchev–Trinajstić information content (AvgIpc) is 2.46. The first-order valence-electron chi connectivity index (χ1n) is 6.60. The monoisotopic (exact) mass is 385 g/mol. The highest BCUT2D eigenvalue weighted by Crippen LogP contribution is 2.34. The van der Waals surface area contributed by atoms with Gasteiger partial charge in [-0.05, 0) is 35.9 Å². The summed E-state index contributed by atoms with van der Waals surface area (Å²) in [5, 5.41) is 4.09. The third kappa shape index (κ3) is 5.64. The molecule has 0 radical (unpaired) electrons. The summed E-state index contributed by atoms with van der Waals surface area (Å²) in [5.74, 6) is 0. The number of benzene rings is 2. The zero-order valence-corrected chi connectivity index (χ0v) is 14.9. The molecule has 0 aliphatic rings. The first kappa shape index (κ1) is 16.8. The van der Waals surface area contributed by atoms with Crippen LogP contribution in [0, 0.1) is 0 Å². The van der Waals surface area contributed by atoms with Crippen LogP contribution in [0.1, 0.15) is 5.56 Å². The van der Waals surface area contributed by atoms with Gasteiger partial charge in [0.2, 0.25) is 0 Å². The second-order valence-corrected chi connectivity index (χ2v) is 6.93. The molecule has 21 heavy (non-hydrogen) atoms. The normalized spacial score (nSPS) is 10.8. The first-order chi connectivity index (χ1) is 10.2. The van der Waals surface area contributed by atoms with Crippen molar-refractivity contribution in [3.05, 3.63) is 57.5 Å². The quantitative estimate of drug-likeness (QED) is 0.677. The van der Waals surface area contributed by atoms with E-state index in [1.54, 1.807) is 18.9 Å². The van der Waals surface area contributed by atoms with Gasteiger partial charge < -0.3 is 10.1 Å². The van der Waals surface area contributed by atoms with Crippen LogP contribution in [0.3, 0.4) is 0 Å². The van der Waals surface area contributed by atoms with Crippen LogP contribution in [-0.2, 0) is 11.3 Å². The summed E-state index contributed by atoms with van der Waals surface area (Å²) in [6.45, 7) is 2.35. The molecular formula is C16H17BrClNOS. The van der Waals surface area contributed by atoms with Crippen molar-refractivity contribution in [2.45, 2.75) is 16.3 Å². The summed E-state index contributed by atoms with van der Waals surface area (Å²) in [7, 11) is 1.70. The SMILES string of the molecule is COCCNCc1ccc(Sc2cccc(Br)c2)c(Cl)c1. The molecule has 2 aromatic rings. The lowest BCUT2D eigenvalue weighted by molar-refractivity contribution is 0.199. The smallest absolute Gasteiger partial charge is 0.0587 e. The molecule has 0 aromatic heterocycles. The lowest BCUT2D eigenvalue weighted by Gasteiger charge is -2.08. The van der Waals surface area contributed by atoms with E-state index in [0.717, 1.165) is 32.4 Å². The fourth-order valence-corrected chi connectivity index (χ4v) is 3.55. The van der Waals surface area contributed by atoms with E-state index in [2.05, 4.69) is 45.5 Å². The minimum atomic E-state index is 0.713. The predicted molar refractivity (Wildman–Crippen MR) is 93.3 cm³/mol. The molecule has 2 nitrogen and oxygen atoms in total. The highest BCUT2D eigenvalue weighted by Gasteiger charge is 2.05. The predicted octanol–water partition coefficient (Wildman–Crippen LogP) is 4.99. The number of halogens is 2. The molecule has 0 aliphatic carbocycles. The second-order valence-electron chi connectivity index (χ2n) is 4.49. The van der Waals surface area contributed by atoms with Gasteiger partial charge in [0.25, 0.3) is 0 Å². The molecule has 0 fully saturated rings. The van der Waals surface area contributed by atoms with Crippen LogP contribution in [0.2, 0.25) is 5.02 Å². The third-order valence-electron chi connectivity index (χ3n) is 2.83. The average molecular weight is 387 g/mol. The van der Waals surface area contributed by atoms with Crippen LogP contribution in [0.15, 0.2) is 56.7 Å². The van der Waals surface area contributed by atoms with Gasteiger partial charge in [-0.25, -0.2) is 0 Å². The van der Waals surface area contributed by atoms with Crippen molar-refractivity contribution in [1.82, 2.24) is 5.32 Å². The fourth-order valence-electron chi connectivity index (χ4n) is 1.80. The van der Waals surface area contributed by atoms with E-state index in [1.165, 1.54) is 5.56 Å². The second kappa shape index (κ2) is 8.81. The van der Waals surface area contributed by atoms with Crippen molar-refractivity contribution >= 4 is 39.3 Å². The van der Waals surface area contributed by atoms with Crippen LogP contribution in [0.25, 0.3) is 0 Å². The van der Waals surface area contributed by atoms with Gasteiger partial charge in [0.05, 0.1) is 11.6 Å². The van der Waals surface area contributed by atoms with Crippen LogP contribution in [-0.4, -0.2) is 20.3 Å². The first-order valence-corrected chi connectivity index (χ1v) is 8.59. The molecule has 0 bridgehead atoms. The van der Waals surface area contributed by atoms with E-state index in [1.807, 2.05) is 18.2 Å². The van der Waals surface area contributed by atoms with Gasteiger partial charge in [-0.15, -0.1) is 0 Å². The summed E-state index contributed by atoms with van der Waals surface area (Å²) in [6, 6.07) is 14.4. The lowest BCUT2D eigenvalue weighted by Crippen LogP contribution is -2.18. The minimum absolute atomic E-state index is 0.713. The van der Waals surface area contributed by atoms with Gasteiger partial charge in [0, 0.05) is 34.5 Å². The Balaban J connectivity index is 1.98. The van der Waals surface area contributed by atoms with Crippen LogP contribution in [0.4, 0.5) is 0 Å². The van der Waals surface area contributed by atoms with E-state index in [4.69, 9.17) is 16.3 Å². The van der Waals surface area contributed by atoms with E-state index in [0.29, 0.717) is 6.61 Å². The summed E-state index contributed by atoms with van der Waals surface area (Å²) < 4.78 is 6.07. The zero-order chi connectivity index (χ0) is 15.1. The van der Waals surface area contributed by atoms with Crippen LogP contribution < -0.4 is 5.32 Å². The molecule has 0 heterocycles. The number of rotatable bonds is 7. The molecular weight excluding hydrogens is 370 g/mol. The van der Waals surface area contributed by atoms with E-state index < -0.39 is 0 Å². The summed E-state index contributed by atoms with van der Waals surface area (Å²) >= 11 is 11.5. The minimum Gasteiger partial charge on any atom is -0.383 e. The zero-order valence-electron chi connectivity index (χ0n) is 11.7. The van der Waals surface area contributed by atoms with Gasteiger partial charge in [-0.2, -0.15) is 0 Å². The Morgan fingerprint density at radius 3 is 2.81 bits per heavy atom. The van der Waals surface area contributed by atoms with E-state index in [9.17, 15) is 0 Å². The Kier molecular flexibility index (Phi) is 7.07. The molecule has 5 heteroatoms. The van der Waals surface area contributed by atoms with Gasteiger partial charge >= 0.3 is 0 Å². The van der Waals surface area contributed by atoms with E-state index >= 15 is 0 Å². The Morgan fingerprint density at radius 1 is 1.24 bits per heavy atom. The van der Waals surface area contributed by atoms with Crippen molar-refractivity contribution < 1.29 is 4.74 Å². The molecule has 1 N–H and O–H groups in total. The van der Waals surface area contributed by atoms with Crippen molar-refractivity contribution in [2.75, 3.05) is 20.3 Å². The number of nitrogens with one attached hydrogen (secondary N) is 1. The summed E-state index contributed by atoms with van der Waals surface area (Å²) in [6.07, 6.45) is 0. The number of methoxy groups -OCH3 is 1. The topological polar surface area (TPSA) is 21.3 Å². The van der Waals surface area contributed by atoms with Gasteiger partial charge in [-0.3, -0.25) is 0 Å². The Hall–Kier alpha value is -0.520. The number of ether oxygens (including phenoxy) is 1. The summed E-state index contributed by atoms with van der Waals surface area (Å²) in [4.78, 5) is 2.23. The largest absolute Gasteiger partial charge is 0.383 e. The molecule has 0 atom stereocenters.